The molecule has 2 nitrogen and oxygen atoms in total. The van der Waals surface area contributed by atoms with Gasteiger partial charge in [0.2, 0.25) is 0 Å². The molecular weight excluding hydrogens is 174 g/mol. The lowest BCUT2D eigenvalue weighted by Crippen LogP contribution is -2.20. The zero-order valence-corrected chi connectivity index (χ0v) is 8.62. The van der Waals surface area contributed by atoms with Crippen molar-refractivity contribution in [2.45, 2.75) is 32.3 Å². The first kappa shape index (κ1) is 10.7. The van der Waals surface area contributed by atoms with Crippen molar-refractivity contribution in [3.63, 3.8) is 0 Å². The lowest BCUT2D eigenvalue weighted by Gasteiger charge is -2.23. The predicted molar refractivity (Wildman–Crippen MR) is 55.6 cm³/mol. The number of nitriles is 1. The highest BCUT2D eigenvalue weighted by atomic mass is 16.3. The highest BCUT2D eigenvalue weighted by Crippen LogP contribution is 2.25. The van der Waals surface area contributed by atoms with Crippen LogP contribution >= 0.6 is 0 Å². The normalized spacial score (nSPS) is 14.4. The highest BCUT2D eigenvalue weighted by Gasteiger charge is 2.21. The molecular formula is C12H15NO. The van der Waals surface area contributed by atoms with Crippen molar-refractivity contribution < 1.29 is 5.11 Å². The van der Waals surface area contributed by atoms with Crippen LogP contribution in [0.5, 0.6) is 0 Å². The van der Waals surface area contributed by atoms with Crippen LogP contribution in [0.2, 0.25) is 0 Å². The lowest BCUT2D eigenvalue weighted by molar-refractivity contribution is 0.0470. The third-order valence-electron chi connectivity index (χ3n) is 2.37. The van der Waals surface area contributed by atoms with Crippen LogP contribution in [-0.2, 0) is 5.60 Å². The Labute approximate surface area is 84.8 Å². The van der Waals surface area contributed by atoms with Gasteiger partial charge in [0.1, 0.15) is 0 Å². The van der Waals surface area contributed by atoms with Crippen LogP contribution in [0.15, 0.2) is 24.3 Å². The van der Waals surface area contributed by atoms with E-state index in [9.17, 15) is 5.11 Å². The van der Waals surface area contributed by atoms with Crippen molar-refractivity contribution in [3.8, 4) is 6.07 Å². The van der Waals surface area contributed by atoms with Crippen molar-refractivity contribution >= 4 is 0 Å². The second kappa shape index (κ2) is 4.26. The van der Waals surface area contributed by atoms with Gasteiger partial charge in [-0.05, 0) is 31.0 Å². The Kier molecular flexibility index (Phi) is 3.27. The van der Waals surface area contributed by atoms with Gasteiger partial charge in [0.05, 0.1) is 17.2 Å². The average molecular weight is 189 g/mol. The van der Waals surface area contributed by atoms with Crippen molar-refractivity contribution in [1.29, 1.82) is 5.26 Å². The molecule has 74 valence electrons. The molecule has 0 spiro atoms. The van der Waals surface area contributed by atoms with E-state index in [1.54, 1.807) is 19.1 Å². The molecule has 0 saturated heterocycles. The van der Waals surface area contributed by atoms with Gasteiger partial charge in [-0.2, -0.15) is 5.26 Å². The largest absolute Gasteiger partial charge is 0.385 e. The van der Waals surface area contributed by atoms with Crippen LogP contribution in [-0.4, -0.2) is 5.11 Å². The molecule has 2 heteroatoms. The third kappa shape index (κ3) is 2.34. The number of aliphatic hydroxyl groups is 1. The van der Waals surface area contributed by atoms with E-state index in [4.69, 9.17) is 5.26 Å². The van der Waals surface area contributed by atoms with Gasteiger partial charge in [0.15, 0.2) is 0 Å². The molecule has 1 rings (SSSR count). The van der Waals surface area contributed by atoms with Gasteiger partial charge >= 0.3 is 0 Å². The van der Waals surface area contributed by atoms with Crippen LogP contribution < -0.4 is 0 Å². The Morgan fingerprint density at radius 2 is 1.93 bits per heavy atom. The standard InChI is InChI=1S/C12H15NO/c1-3-8-12(2,14)11-6-4-10(9-13)5-7-11/h4-7,14H,3,8H2,1-2H3. The molecule has 14 heavy (non-hydrogen) atoms. The molecule has 1 atom stereocenters. The number of hydrogen-bond acceptors (Lipinski definition) is 2. The summed E-state index contributed by atoms with van der Waals surface area (Å²) in [6.45, 7) is 3.84. The molecule has 1 N–H and O–H groups in total. The highest BCUT2D eigenvalue weighted by molar-refractivity contribution is 5.33. The number of rotatable bonds is 3. The second-order valence-electron chi connectivity index (χ2n) is 3.71. The van der Waals surface area contributed by atoms with E-state index in [1.165, 1.54) is 0 Å². The van der Waals surface area contributed by atoms with Gasteiger partial charge in [-0.3, -0.25) is 0 Å². The maximum absolute atomic E-state index is 10.1. The molecule has 0 aromatic heterocycles. The van der Waals surface area contributed by atoms with Crippen molar-refractivity contribution in [3.05, 3.63) is 35.4 Å². The minimum absolute atomic E-state index is 0.626. The van der Waals surface area contributed by atoms with E-state index in [1.807, 2.05) is 19.1 Å². The van der Waals surface area contributed by atoms with E-state index in [-0.39, 0.29) is 0 Å². The summed E-state index contributed by atoms with van der Waals surface area (Å²) in [6, 6.07) is 9.15. The first-order valence-electron chi connectivity index (χ1n) is 4.83. The van der Waals surface area contributed by atoms with E-state index in [0.717, 1.165) is 18.4 Å². The Bertz CT molecular complexity index is 332. The van der Waals surface area contributed by atoms with Gasteiger partial charge < -0.3 is 5.11 Å². The molecule has 0 amide bonds. The summed E-state index contributed by atoms with van der Waals surface area (Å²) in [7, 11) is 0. The number of nitrogens with zero attached hydrogens (tertiary/aromatic N) is 1. The zero-order chi connectivity index (χ0) is 10.6. The van der Waals surface area contributed by atoms with E-state index < -0.39 is 5.60 Å². The minimum atomic E-state index is -0.775. The van der Waals surface area contributed by atoms with Gasteiger partial charge in [-0.25, -0.2) is 0 Å². The maximum Gasteiger partial charge on any atom is 0.0991 e. The van der Waals surface area contributed by atoms with Crippen LogP contribution in [0, 0.1) is 11.3 Å². The molecule has 0 aliphatic rings. The molecule has 0 fully saturated rings. The Morgan fingerprint density at radius 3 is 2.36 bits per heavy atom. The average Bonchev–Trinajstić information content (AvgIpc) is 2.18. The number of benzene rings is 1. The van der Waals surface area contributed by atoms with Crippen LogP contribution in [0.3, 0.4) is 0 Å². The summed E-state index contributed by atoms with van der Waals surface area (Å²) in [6.07, 6.45) is 1.67. The van der Waals surface area contributed by atoms with Gasteiger partial charge in [0, 0.05) is 0 Å². The summed E-state index contributed by atoms with van der Waals surface area (Å²) in [5.41, 5.74) is 0.724. The van der Waals surface area contributed by atoms with Crippen molar-refractivity contribution in [2.24, 2.45) is 0 Å². The minimum Gasteiger partial charge on any atom is -0.385 e. The van der Waals surface area contributed by atoms with Crippen molar-refractivity contribution in [2.75, 3.05) is 0 Å². The second-order valence-corrected chi connectivity index (χ2v) is 3.71. The summed E-state index contributed by atoms with van der Waals surface area (Å²) in [5, 5.41) is 18.7. The van der Waals surface area contributed by atoms with Gasteiger partial charge in [0.25, 0.3) is 0 Å². The Morgan fingerprint density at radius 1 is 1.36 bits per heavy atom. The lowest BCUT2D eigenvalue weighted by atomic mass is 9.91. The molecule has 1 aromatic carbocycles. The van der Waals surface area contributed by atoms with E-state index in [2.05, 4.69) is 6.07 Å². The molecule has 0 aliphatic heterocycles. The first-order chi connectivity index (χ1) is 6.60. The molecule has 1 aromatic rings. The molecule has 1 unspecified atom stereocenters. The SMILES string of the molecule is CCCC(C)(O)c1ccc(C#N)cc1. The quantitative estimate of drug-likeness (QED) is 0.794. The Balaban J connectivity index is 2.92. The molecule has 0 saturated carbocycles. The fourth-order valence-corrected chi connectivity index (χ4v) is 1.53. The molecule has 0 heterocycles. The summed E-state index contributed by atoms with van der Waals surface area (Å²) in [4.78, 5) is 0. The smallest absolute Gasteiger partial charge is 0.0991 e. The predicted octanol–water partition coefficient (Wildman–Crippen LogP) is 2.57. The summed E-state index contributed by atoms with van der Waals surface area (Å²) >= 11 is 0. The Hall–Kier alpha value is -1.33. The monoisotopic (exact) mass is 189 g/mol. The van der Waals surface area contributed by atoms with Crippen LogP contribution in [0.25, 0.3) is 0 Å². The maximum atomic E-state index is 10.1. The van der Waals surface area contributed by atoms with Gasteiger partial charge in [-0.1, -0.05) is 25.5 Å². The first-order valence-corrected chi connectivity index (χ1v) is 4.83. The zero-order valence-electron chi connectivity index (χ0n) is 8.62. The third-order valence-corrected chi connectivity index (χ3v) is 2.37. The summed E-state index contributed by atoms with van der Waals surface area (Å²) in [5.74, 6) is 0. The van der Waals surface area contributed by atoms with E-state index in [0.29, 0.717) is 5.56 Å². The van der Waals surface area contributed by atoms with E-state index >= 15 is 0 Å². The van der Waals surface area contributed by atoms with Crippen LogP contribution in [0.4, 0.5) is 0 Å². The number of hydrogen-bond donors (Lipinski definition) is 1. The fourth-order valence-electron chi connectivity index (χ4n) is 1.53. The fraction of sp³-hybridized carbons (Fsp3) is 0.417. The summed E-state index contributed by atoms with van der Waals surface area (Å²) < 4.78 is 0. The molecule has 0 bridgehead atoms. The van der Waals surface area contributed by atoms with Crippen molar-refractivity contribution in [1.82, 2.24) is 0 Å². The molecule has 0 radical (unpaired) electrons. The topological polar surface area (TPSA) is 44.0 Å². The molecule has 0 aliphatic carbocycles. The van der Waals surface area contributed by atoms with Crippen LogP contribution in [0.1, 0.15) is 37.8 Å². The van der Waals surface area contributed by atoms with Gasteiger partial charge in [-0.15, -0.1) is 0 Å².